The minimum atomic E-state index is 0.377. The quantitative estimate of drug-likeness (QED) is 0.656. The minimum absolute atomic E-state index is 0.377. The summed E-state index contributed by atoms with van der Waals surface area (Å²) in [4.78, 5) is 2.42. The highest BCUT2D eigenvalue weighted by atomic mass is 15.1. The molecule has 0 aliphatic carbocycles. The SMILES string of the molecule is Cc1ccc(C2(C)CCN(C)C2)cc1. The van der Waals surface area contributed by atoms with Crippen LogP contribution in [0.3, 0.4) is 0 Å². The summed E-state index contributed by atoms with van der Waals surface area (Å²) >= 11 is 0. The molecule has 2 rings (SSSR count). The molecule has 1 fully saturated rings. The number of benzene rings is 1. The summed E-state index contributed by atoms with van der Waals surface area (Å²) in [5.41, 5.74) is 3.22. The molecule has 14 heavy (non-hydrogen) atoms. The van der Waals surface area contributed by atoms with Crippen LogP contribution in [0.15, 0.2) is 24.3 Å². The fraction of sp³-hybridized carbons (Fsp3) is 0.538. The predicted molar refractivity (Wildman–Crippen MR) is 60.6 cm³/mol. The molecule has 1 aromatic carbocycles. The maximum atomic E-state index is 2.42. The van der Waals surface area contributed by atoms with E-state index in [0.717, 1.165) is 0 Å². The Bertz CT molecular complexity index is 315. The molecule has 76 valence electrons. The van der Waals surface area contributed by atoms with E-state index in [4.69, 9.17) is 0 Å². The van der Waals surface area contributed by atoms with Gasteiger partial charge in [0, 0.05) is 12.0 Å². The fourth-order valence-electron chi connectivity index (χ4n) is 2.38. The van der Waals surface area contributed by atoms with Gasteiger partial charge in [0.05, 0.1) is 0 Å². The highest BCUT2D eigenvalue weighted by molar-refractivity contribution is 5.29. The minimum Gasteiger partial charge on any atom is -0.305 e. The largest absolute Gasteiger partial charge is 0.305 e. The molecule has 1 saturated heterocycles. The molecule has 0 saturated carbocycles. The highest BCUT2D eigenvalue weighted by Gasteiger charge is 2.33. The van der Waals surface area contributed by atoms with Crippen LogP contribution in [0.5, 0.6) is 0 Å². The van der Waals surface area contributed by atoms with Gasteiger partial charge in [0.2, 0.25) is 0 Å². The van der Waals surface area contributed by atoms with Crippen LogP contribution in [0.1, 0.15) is 24.5 Å². The summed E-state index contributed by atoms with van der Waals surface area (Å²) in [5, 5.41) is 0. The van der Waals surface area contributed by atoms with Crippen LogP contribution < -0.4 is 0 Å². The van der Waals surface area contributed by atoms with Gasteiger partial charge in [-0.1, -0.05) is 36.8 Å². The average Bonchev–Trinajstić information content (AvgIpc) is 2.48. The van der Waals surface area contributed by atoms with Crippen LogP contribution in [0.2, 0.25) is 0 Å². The van der Waals surface area contributed by atoms with Crippen molar-refractivity contribution >= 4 is 0 Å². The molecule has 0 amide bonds. The van der Waals surface area contributed by atoms with Gasteiger partial charge in [-0.25, -0.2) is 0 Å². The predicted octanol–water partition coefficient (Wildman–Crippen LogP) is 2.59. The van der Waals surface area contributed by atoms with Gasteiger partial charge in [-0.3, -0.25) is 0 Å². The van der Waals surface area contributed by atoms with Gasteiger partial charge in [0.25, 0.3) is 0 Å². The Morgan fingerprint density at radius 3 is 2.36 bits per heavy atom. The highest BCUT2D eigenvalue weighted by Crippen LogP contribution is 2.33. The lowest BCUT2D eigenvalue weighted by atomic mass is 9.81. The summed E-state index contributed by atoms with van der Waals surface area (Å²) in [7, 11) is 2.21. The molecular formula is C13H19N. The van der Waals surface area contributed by atoms with Crippen molar-refractivity contribution in [1.29, 1.82) is 0 Å². The molecule has 1 aromatic rings. The molecular weight excluding hydrogens is 170 g/mol. The molecule has 1 aliphatic rings. The Hall–Kier alpha value is -0.820. The molecule has 0 N–H and O–H groups in total. The summed E-state index contributed by atoms with van der Waals surface area (Å²) in [6, 6.07) is 9.01. The van der Waals surface area contributed by atoms with Crippen LogP contribution in [0, 0.1) is 6.92 Å². The number of hydrogen-bond acceptors (Lipinski definition) is 1. The monoisotopic (exact) mass is 189 g/mol. The van der Waals surface area contributed by atoms with Crippen LogP contribution in [0.25, 0.3) is 0 Å². The Balaban J connectivity index is 2.26. The third-order valence-electron chi connectivity index (χ3n) is 3.41. The topological polar surface area (TPSA) is 3.24 Å². The van der Waals surface area contributed by atoms with E-state index in [0.29, 0.717) is 5.41 Å². The first-order valence-corrected chi connectivity index (χ1v) is 5.36. The van der Waals surface area contributed by atoms with Gasteiger partial charge in [0.15, 0.2) is 0 Å². The zero-order chi connectivity index (χ0) is 10.2. The van der Waals surface area contributed by atoms with Crippen LogP contribution in [0.4, 0.5) is 0 Å². The van der Waals surface area contributed by atoms with Crippen molar-refractivity contribution in [2.24, 2.45) is 0 Å². The maximum absolute atomic E-state index is 2.42. The van der Waals surface area contributed by atoms with E-state index in [1.54, 1.807) is 0 Å². The van der Waals surface area contributed by atoms with E-state index in [1.165, 1.54) is 30.6 Å². The molecule has 1 unspecified atom stereocenters. The van der Waals surface area contributed by atoms with Gasteiger partial charge in [-0.15, -0.1) is 0 Å². The molecule has 0 bridgehead atoms. The van der Waals surface area contributed by atoms with Crippen molar-refractivity contribution < 1.29 is 0 Å². The molecule has 0 spiro atoms. The van der Waals surface area contributed by atoms with Gasteiger partial charge in [-0.05, 0) is 32.5 Å². The smallest absolute Gasteiger partial charge is 0.00734 e. The van der Waals surface area contributed by atoms with Crippen molar-refractivity contribution in [2.75, 3.05) is 20.1 Å². The summed E-state index contributed by atoms with van der Waals surface area (Å²) < 4.78 is 0. The van der Waals surface area contributed by atoms with Gasteiger partial charge >= 0.3 is 0 Å². The Morgan fingerprint density at radius 2 is 1.86 bits per heavy atom. The van der Waals surface area contributed by atoms with E-state index in [9.17, 15) is 0 Å². The van der Waals surface area contributed by atoms with E-state index >= 15 is 0 Å². The first kappa shape index (κ1) is 9.72. The van der Waals surface area contributed by atoms with E-state index < -0.39 is 0 Å². The number of likely N-dealkylation sites (tertiary alicyclic amines) is 1. The molecule has 1 heterocycles. The van der Waals surface area contributed by atoms with Crippen LogP contribution in [-0.4, -0.2) is 25.0 Å². The number of likely N-dealkylation sites (N-methyl/N-ethyl adjacent to an activating group) is 1. The molecule has 0 aromatic heterocycles. The van der Waals surface area contributed by atoms with Gasteiger partial charge in [-0.2, -0.15) is 0 Å². The fourth-order valence-corrected chi connectivity index (χ4v) is 2.38. The normalized spacial score (nSPS) is 28.2. The third-order valence-corrected chi connectivity index (χ3v) is 3.41. The van der Waals surface area contributed by atoms with Crippen molar-refractivity contribution in [3.05, 3.63) is 35.4 Å². The molecule has 1 aliphatic heterocycles. The summed E-state index contributed by atoms with van der Waals surface area (Å²) in [5.74, 6) is 0. The maximum Gasteiger partial charge on any atom is 0.00734 e. The Labute approximate surface area is 86.7 Å². The molecule has 1 heteroatoms. The number of aryl methyl sites for hydroxylation is 1. The zero-order valence-electron chi connectivity index (χ0n) is 9.38. The van der Waals surface area contributed by atoms with Gasteiger partial charge in [0.1, 0.15) is 0 Å². The average molecular weight is 189 g/mol. The zero-order valence-corrected chi connectivity index (χ0v) is 9.38. The summed E-state index contributed by atoms with van der Waals surface area (Å²) in [6.07, 6.45) is 1.28. The van der Waals surface area contributed by atoms with Crippen LogP contribution in [-0.2, 0) is 5.41 Å². The number of hydrogen-bond donors (Lipinski definition) is 0. The summed E-state index contributed by atoms with van der Waals surface area (Å²) in [6.45, 7) is 6.94. The van der Waals surface area contributed by atoms with E-state index in [1.807, 2.05) is 0 Å². The van der Waals surface area contributed by atoms with Crippen molar-refractivity contribution in [1.82, 2.24) is 4.90 Å². The van der Waals surface area contributed by atoms with E-state index in [2.05, 4.69) is 50.1 Å². The van der Waals surface area contributed by atoms with E-state index in [-0.39, 0.29) is 0 Å². The molecule has 0 radical (unpaired) electrons. The third kappa shape index (κ3) is 1.69. The van der Waals surface area contributed by atoms with Crippen molar-refractivity contribution in [2.45, 2.75) is 25.7 Å². The van der Waals surface area contributed by atoms with Crippen molar-refractivity contribution in [3.63, 3.8) is 0 Å². The first-order chi connectivity index (χ1) is 6.60. The van der Waals surface area contributed by atoms with Crippen molar-refractivity contribution in [3.8, 4) is 0 Å². The number of nitrogens with zero attached hydrogens (tertiary/aromatic N) is 1. The van der Waals surface area contributed by atoms with Gasteiger partial charge < -0.3 is 4.90 Å². The second kappa shape index (κ2) is 3.39. The van der Waals surface area contributed by atoms with Crippen LogP contribution >= 0.6 is 0 Å². The molecule has 1 nitrogen and oxygen atoms in total. The second-order valence-corrected chi connectivity index (χ2v) is 4.91. The molecule has 1 atom stereocenters. The standard InChI is InChI=1S/C13H19N/c1-11-4-6-12(7-5-11)13(2)8-9-14(3)10-13/h4-7H,8-10H2,1-3H3. The lowest BCUT2D eigenvalue weighted by Crippen LogP contribution is -2.25. The Morgan fingerprint density at radius 1 is 1.21 bits per heavy atom. The Kier molecular flexibility index (Phi) is 2.36. The first-order valence-electron chi connectivity index (χ1n) is 5.36. The second-order valence-electron chi connectivity index (χ2n) is 4.91. The lowest BCUT2D eigenvalue weighted by Gasteiger charge is -2.24. The lowest BCUT2D eigenvalue weighted by molar-refractivity contribution is 0.381. The number of rotatable bonds is 1.